The van der Waals surface area contributed by atoms with E-state index in [2.05, 4.69) is 30.5 Å². The monoisotopic (exact) mass is 224 g/mol. The lowest BCUT2D eigenvalue weighted by Crippen LogP contribution is -2.20. The van der Waals surface area contributed by atoms with Crippen LogP contribution in [0.15, 0.2) is 29.2 Å². The standard InChI is InChI=1S/C12H16O2S/c1-11(2)12(13-3,14-11)9-5-7-10(15-4)8-6-9/h5-8H,1-4H3. The zero-order valence-electron chi connectivity index (χ0n) is 9.53. The van der Waals surface area contributed by atoms with Crippen molar-refractivity contribution in [3.05, 3.63) is 29.8 Å². The lowest BCUT2D eigenvalue weighted by molar-refractivity contribution is -0.0148. The van der Waals surface area contributed by atoms with Crippen LogP contribution in [-0.2, 0) is 15.3 Å². The molecule has 1 atom stereocenters. The average molecular weight is 224 g/mol. The first kappa shape index (κ1) is 11.0. The summed E-state index contributed by atoms with van der Waals surface area (Å²) in [6.07, 6.45) is 2.07. The van der Waals surface area contributed by atoms with Crippen LogP contribution >= 0.6 is 11.8 Å². The zero-order chi connectivity index (χ0) is 11.1. The van der Waals surface area contributed by atoms with Gasteiger partial charge in [-0.15, -0.1) is 11.8 Å². The molecule has 1 aliphatic rings. The molecule has 1 aliphatic heterocycles. The fourth-order valence-electron chi connectivity index (χ4n) is 1.96. The molecule has 1 saturated heterocycles. The molecular weight excluding hydrogens is 208 g/mol. The number of hydrogen-bond acceptors (Lipinski definition) is 3. The average Bonchev–Trinajstić information content (AvgIpc) is 2.82. The Morgan fingerprint density at radius 3 is 2.07 bits per heavy atom. The molecule has 0 saturated carbocycles. The van der Waals surface area contributed by atoms with Gasteiger partial charge in [0, 0.05) is 17.6 Å². The number of thioether (sulfide) groups is 1. The first-order chi connectivity index (χ1) is 7.05. The Morgan fingerprint density at radius 1 is 1.20 bits per heavy atom. The minimum absolute atomic E-state index is 0.220. The molecule has 0 amide bonds. The SMILES string of the molecule is COC1(c2ccc(SC)cc2)OC1(C)C. The largest absolute Gasteiger partial charge is 0.347 e. The Labute approximate surface area is 95.0 Å². The first-order valence-corrected chi connectivity index (χ1v) is 6.18. The number of hydrogen-bond donors (Lipinski definition) is 0. The molecule has 0 aliphatic carbocycles. The van der Waals surface area contributed by atoms with E-state index in [1.165, 1.54) is 4.90 Å². The summed E-state index contributed by atoms with van der Waals surface area (Å²) >= 11 is 1.73. The maximum Gasteiger partial charge on any atom is 0.225 e. The highest BCUT2D eigenvalue weighted by atomic mass is 32.2. The van der Waals surface area contributed by atoms with E-state index in [4.69, 9.17) is 9.47 Å². The van der Waals surface area contributed by atoms with Gasteiger partial charge >= 0.3 is 0 Å². The van der Waals surface area contributed by atoms with Crippen LogP contribution in [0, 0.1) is 0 Å². The lowest BCUT2D eigenvalue weighted by Gasteiger charge is -2.13. The van der Waals surface area contributed by atoms with Gasteiger partial charge in [-0.05, 0) is 32.2 Å². The van der Waals surface area contributed by atoms with Gasteiger partial charge in [0.2, 0.25) is 5.79 Å². The Hall–Kier alpha value is -0.510. The molecule has 2 nitrogen and oxygen atoms in total. The van der Waals surface area contributed by atoms with Crippen molar-refractivity contribution in [2.75, 3.05) is 13.4 Å². The Morgan fingerprint density at radius 2 is 1.73 bits per heavy atom. The molecule has 1 heterocycles. The van der Waals surface area contributed by atoms with Crippen molar-refractivity contribution in [2.24, 2.45) is 0 Å². The fourth-order valence-corrected chi connectivity index (χ4v) is 2.36. The van der Waals surface area contributed by atoms with E-state index in [0.717, 1.165) is 5.56 Å². The van der Waals surface area contributed by atoms with Crippen LogP contribution in [0.1, 0.15) is 19.4 Å². The van der Waals surface area contributed by atoms with E-state index in [1.54, 1.807) is 18.9 Å². The van der Waals surface area contributed by atoms with Crippen molar-refractivity contribution in [1.29, 1.82) is 0 Å². The highest BCUT2D eigenvalue weighted by Gasteiger charge is 2.66. The molecule has 0 N–H and O–H groups in total. The van der Waals surface area contributed by atoms with E-state index < -0.39 is 5.79 Å². The Balaban J connectivity index is 2.30. The van der Waals surface area contributed by atoms with Gasteiger partial charge in [-0.1, -0.05) is 12.1 Å². The predicted octanol–water partition coefficient (Wildman–Crippen LogP) is 3.02. The third kappa shape index (κ3) is 1.59. The highest BCUT2D eigenvalue weighted by Crippen LogP contribution is 2.55. The van der Waals surface area contributed by atoms with Crippen molar-refractivity contribution in [3.63, 3.8) is 0 Å². The Bertz CT molecular complexity index is 358. The maximum atomic E-state index is 5.67. The van der Waals surface area contributed by atoms with Crippen molar-refractivity contribution in [2.45, 2.75) is 30.1 Å². The molecular formula is C12H16O2S. The van der Waals surface area contributed by atoms with Crippen LogP contribution < -0.4 is 0 Å². The van der Waals surface area contributed by atoms with Gasteiger partial charge in [-0.3, -0.25) is 0 Å². The van der Waals surface area contributed by atoms with Crippen LogP contribution in [0.3, 0.4) is 0 Å². The van der Waals surface area contributed by atoms with Crippen molar-refractivity contribution >= 4 is 11.8 Å². The zero-order valence-corrected chi connectivity index (χ0v) is 10.4. The van der Waals surface area contributed by atoms with E-state index >= 15 is 0 Å². The van der Waals surface area contributed by atoms with Gasteiger partial charge in [0.05, 0.1) is 0 Å². The van der Waals surface area contributed by atoms with Crippen LogP contribution in [0.5, 0.6) is 0 Å². The summed E-state index contributed by atoms with van der Waals surface area (Å²) in [7, 11) is 1.69. The minimum Gasteiger partial charge on any atom is -0.347 e. The third-order valence-corrected chi connectivity index (χ3v) is 3.65. The molecule has 1 aromatic rings. The number of methoxy groups -OCH3 is 1. The summed E-state index contributed by atoms with van der Waals surface area (Å²) in [4.78, 5) is 1.25. The number of ether oxygens (including phenoxy) is 2. The maximum absolute atomic E-state index is 5.67. The van der Waals surface area contributed by atoms with E-state index in [0.29, 0.717) is 0 Å². The highest BCUT2D eigenvalue weighted by molar-refractivity contribution is 7.98. The summed E-state index contributed by atoms with van der Waals surface area (Å²) in [5.74, 6) is -0.538. The number of epoxide rings is 1. The molecule has 3 heteroatoms. The van der Waals surface area contributed by atoms with E-state index in [1.807, 2.05) is 13.8 Å². The van der Waals surface area contributed by atoms with Crippen molar-refractivity contribution in [3.8, 4) is 0 Å². The molecule has 1 aromatic carbocycles. The summed E-state index contributed by atoms with van der Waals surface area (Å²) in [5.41, 5.74) is 0.871. The lowest BCUT2D eigenvalue weighted by atomic mass is 9.99. The quantitative estimate of drug-likeness (QED) is 0.582. The fraction of sp³-hybridized carbons (Fsp3) is 0.500. The first-order valence-electron chi connectivity index (χ1n) is 4.95. The minimum atomic E-state index is -0.538. The normalized spacial score (nSPS) is 27.7. The van der Waals surface area contributed by atoms with Gasteiger partial charge in [0.15, 0.2) is 0 Å². The van der Waals surface area contributed by atoms with Gasteiger partial charge in [0.1, 0.15) is 5.60 Å². The summed E-state index contributed by atoms with van der Waals surface area (Å²) in [5, 5.41) is 0. The summed E-state index contributed by atoms with van der Waals surface area (Å²) < 4.78 is 11.2. The Kier molecular flexibility index (Phi) is 2.57. The molecule has 0 bridgehead atoms. The predicted molar refractivity (Wildman–Crippen MR) is 62.1 cm³/mol. The van der Waals surface area contributed by atoms with Crippen LogP contribution in [0.25, 0.3) is 0 Å². The molecule has 1 unspecified atom stereocenters. The van der Waals surface area contributed by atoms with E-state index in [9.17, 15) is 0 Å². The van der Waals surface area contributed by atoms with Crippen molar-refractivity contribution in [1.82, 2.24) is 0 Å². The molecule has 0 radical (unpaired) electrons. The second-order valence-corrected chi connectivity index (χ2v) is 5.04. The summed E-state index contributed by atoms with van der Waals surface area (Å²) in [6.45, 7) is 4.08. The van der Waals surface area contributed by atoms with E-state index in [-0.39, 0.29) is 5.60 Å². The number of rotatable bonds is 3. The molecule has 15 heavy (non-hydrogen) atoms. The van der Waals surface area contributed by atoms with Crippen LogP contribution in [0.4, 0.5) is 0 Å². The number of benzene rings is 1. The van der Waals surface area contributed by atoms with Gasteiger partial charge in [-0.2, -0.15) is 0 Å². The molecule has 2 rings (SSSR count). The second-order valence-electron chi connectivity index (χ2n) is 4.16. The topological polar surface area (TPSA) is 21.8 Å². The third-order valence-electron chi connectivity index (χ3n) is 2.91. The van der Waals surface area contributed by atoms with Gasteiger partial charge in [-0.25, -0.2) is 0 Å². The molecule has 1 fully saturated rings. The van der Waals surface area contributed by atoms with Crippen LogP contribution in [0.2, 0.25) is 0 Å². The smallest absolute Gasteiger partial charge is 0.225 e. The van der Waals surface area contributed by atoms with Gasteiger partial charge in [0.25, 0.3) is 0 Å². The molecule has 0 aromatic heterocycles. The molecule has 82 valence electrons. The summed E-state index contributed by atoms with van der Waals surface area (Å²) in [6, 6.07) is 8.34. The second kappa shape index (κ2) is 3.51. The van der Waals surface area contributed by atoms with Crippen molar-refractivity contribution < 1.29 is 9.47 Å². The van der Waals surface area contributed by atoms with Gasteiger partial charge < -0.3 is 9.47 Å². The van der Waals surface area contributed by atoms with Crippen LogP contribution in [-0.4, -0.2) is 19.0 Å². The molecule has 0 spiro atoms.